The van der Waals surface area contributed by atoms with Crippen molar-refractivity contribution in [2.45, 2.75) is 39.0 Å². The lowest BCUT2D eigenvalue weighted by molar-refractivity contribution is 0.380. The molecule has 0 aromatic heterocycles. The summed E-state index contributed by atoms with van der Waals surface area (Å²) >= 11 is 0. The van der Waals surface area contributed by atoms with Gasteiger partial charge in [-0.05, 0) is 25.5 Å². The third-order valence-electron chi connectivity index (χ3n) is 2.51. The summed E-state index contributed by atoms with van der Waals surface area (Å²) in [4.78, 5) is 0. The highest BCUT2D eigenvalue weighted by molar-refractivity contribution is 8.84. The molecule has 1 nitrogen and oxygen atoms in total. The summed E-state index contributed by atoms with van der Waals surface area (Å²) in [6.07, 6.45) is 9.49. The first-order valence-corrected chi connectivity index (χ1v) is 8.79. The summed E-state index contributed by atoms with van der Waals surface area (Å²) in [6.45, 7) is 5.00. The van der Waals surface area contributed by atoms with Gasteiger partial charge in [-0.15, -0.1) is 10.8 Å². The van der Waals surface area contributed by atoms with Gasteiger partial charge in [-0.25, -0.2) is 0 Å². The Morgan fingerprint density at radius 2 is 1.92 bits per heavy atom. The van der Waals surface area contributed by atoms with Crippen LogP contribution in [0.5, 0.6) is 0 Å². The number of piperidine rings is 1. The van der Waals surface area contributed by atoms with Crippen molar-refractivity contribution in [2.75, 3.05) is 25.1 Å². The average molecular weight is 221 g/mol. The number of hydrogen-bond acceptors (Lipinski definition) is 2. The molecule has 1 unspecified atom stereocenters. The van der Waals surface area contributed by atoms with Gasteiger partial charge in [-0.2, -0.15) is 10.1 Å². The zero-order chi connectivity index (χ0) is 9.52. The number of rotatable bonds is 5. The number of hydrogen-bond donors (Lipinski definition) is 1. The molecular formula is C10H23NS2. The molecule has 0 saturated carbocycles. The summed E-state index contributed by atoms with van der Waals surface area (Å²) in [5.41, 5.74) is 0. The molecule has 3 heteroatoms. The zero-order valence-electron chi connectivity index (χ0n) is 8.96. The van der Waals surface area contributed by atoms with Crippen LogP contribution < -0.4 is 0 Å². The van der Waals surface area contributed by atoms with Gasteiger partial charge >= 0.3 is 0 Å². The average Bonchev–Trinajstić information content (AvgIpc) is 2.19. The molecule has 1 heterocycles. The van der Waals surface area contributed by atoms with Crippen molar-refractivity contribution in [3.63, 3.8) is 0 Å². The number of thiol groups is 1. The maximum atomic E-state index is 2.71. The summed E-state index contributed by atoms with van der Waals surface area (Å²) in [5.74, 6) is 1.37. The van der Waals surface area contributed by atoms with E-state index >= 15 is 0 Å². The highest BCUT2D eigenvalue weighted by Crippen LogP contribution is 2.42. The molecular weight excluding hydrogens is 198 g/mol. The van der Waals surface area contributed by atoms with E-state index in [1.165, 1.54) is 50.9 Å². The van der Waals surface area contributed by atoms with E-state index in [4.69, 9.17) is 0 Å². The summed E-state index contributed by atoms with van der Waals surface area (Å²) < 4.78 is 2.71. The molecule has 1 saturated heterocycles. The van der Waals surface area contributed by atoms with Crippen molar-refractivity contribution in [1.82, 2.24) is 4.31 Å². The maximum Gasteiger partial charge on any atom is 0.00795 e. The van der Waals surface area contributed by atoms with Crippen LogP contribution in [0.3, 0.4) is 0 Å². The van der Waals surface area contributed by atoms with E-state index in [0.29, 0.717) is 0 Å². The van der Waals surface area contributed by atoms with Crippen LogP contribution in [0.4, 0.5) is 0 Å². The van der Waals surface area contributed by atoms with Crippen molar-refractivity contribution in [3.8, 4) is 0 Å². The molecule has 1 atom stereocenters. The molecule has 0 amide bonds. The first-order chi connectivity index (χ1) is 6.34. The molecule has 0 aliphatic carbocycles. The summed E-state index contributed by atoms with van der Waals surface area (Å²) in [6, 6.07) is 0. The molecule has 0 aromatic carbocycles. The third kappa shape index (κ3) is 4.61. The predicted molar refractivity (Wildman–Crippen MR) is 67.7 cm³/mol. The van der Waals surface area contributed by atoms with Crippen molar-refractivity contribution in [1.29, 1.82) is 0 Å². The first kappa shape index (κ1) is 11.7. The second kappa shape index (κ2) is 7.02. The Hall–Kier alpha value is 0.660. The van der Waals surface area contributed by atoms with Crippen LogP contribution in [0.2, 0.25) is 0 Å². The second-order valence-electron chi connectivity index (χ2n) is 3.67. The Kier molecular flexibility index (Phi) is 6.33. The molecule has 0 spiro atoms. The summed E-state index contributed by atoms with van der Waals surface area (Å²) in [7, 11) is 2.34. The Balaban J connectivity index is 2.09. The molecule has 1 aliphatic rings. The van der Waals surface area contributed by atoms with Gasteiger partial charge in [0.05, 0.1) is 0 Å². The number of nitrogens with zero attached hydrogens (tertiary/aromatic N) is 1. The van der Waals surface area contributed by atoms with Crippen molar-refractivity contribution >= 4 is 20.9 Å². The normalized spacial score (nSPS) is 23.1. The minimum absolute atomic E-state index is 0.140. The number of unbranched alkanes of at least 4 members (excludes halogenated alkanes) is 1. The Morgan fingerprint density at radius 1 is 1.23 bits per heavy atom. The third-order valence-corrected chi connectivity index (χ3v) is 6.91. The lowest BCUT2D eigenvalue weighted by atomic mass is 10.2. The van der Waals surface area contributed by atoms with Gasteiger partial charge in [0, 0.05) is 18.8 Å². The van der Waals surface area contributed by atoms with Gasteiger partial charge in [0.15, 0.2) is 0 Å². The van der Waals surface area contributed by atoms with Crippen molar-refractivity contribution < 1.29 is 0 Å². The minimum Gasteiger partial charge on any atom is -0.262 e. The van der Waals surface area contributed by atoms with E-state index in [1.54, 1.807) is 0 Å². The lowest BCUT2D eigenvalue weighted by Gasteiger charge is -2.34. The monoisotopic (exact) mass is 221 g/mol. The molecule has 80 valence electrons. The molecule has 1 aliphatic heterocycles. The van der Waals surface area contributed by atoms with Crippen LogP contribution in [0.1, 0.15) is 39.0 Å². The Labute approximate surface area is 89.5 Å². The molecule has 0 N–H and O–H groups in total. The molecule has 0 radical (unpaired) electrons. The van der Waals surface area contributed by atoms with Gasteiger partial charge in [-0.1, -0.05) is 19.8 Å². The smallest absolute Gasteiger partial charge is 0.00795 e. The lowest BCUT2D eigenvalue weighted by Crippen LogP contribution is -2.25. The molecule has 0 bridgehead atoms. The SMILES string of the molecule is CCCCS[SH](C)N1CCCCC1. The Bertz CT molecular complexity index is 124. The van der Waals surface area contributed by atoms with Crippen LogP contribution in [0.25, 0.3) is 0 Å². The molecule has 0 aromatic rings. The van der Waals surface area contributed by atoms with E-state index in [9.17, 15) is 0 Å². The van der Waals surface area contributed by atoms with E-state index < -0.39 is 0 Å². The molecule has 13 heavy (non-hydrogen) atoms. The van der Waals surface area contributed by atoms with Crippen LogP contribution in [-0.4, -0.2) is 29.4 Å². The minimum atomic E-state index is 0.140. The van der Waals surface area contributed by atoms with Gasteiger partial charge in [-0.3, -0.25) is 4.31 Å². The van der Waals surface area contributed by atoms with E-state index in [-0.39, 0.29) is 10.1 Å². The van der Waals surface area contributed by atoms with Gasteiger partial charge in [0.1, 0.15) is 0 Å². The van der Waals surface area contributed by atoms with Crippen LogP contribution >= 0.6 is 20.9 Å². The van der Waals surface area contributed by atoms with E-state index in [1.807, 2.05) is 0 Å². The highest BCUT2D eigenvalue weighted by Gasteiger charge is 2.13. The second-order valence-corrected chi connectivity index (χ2v) is 8.19. The van der Waals surface area contributed by atoms with Crippen molar-refractivity contribution in [3.05, 3.63) is 0 Å². The quantitative estimate of drug-likeness (QED) is 0.430. The zero-order valence-corrected chi connectivity index (χ0v) is 10.7. The van der Waals surface area contributed by atoms with Crippen LogP contribution in [0.15, 0.2) is 0 Å². The topological polar surface area (TPSA) is 3.24 Å². The van der Waals surface area contributed by atoms with E-state index in [0.717, 1.165) is 0 Å². The van der Waals surface area contributed by atoms with E-state index in [2.05, 4.69) is 28.3 Å². The van der Waals surface area contributed by atoms with Crippen LogP contribution in [-0.2, 0) is 0 Å². The fourth-order valence-corrected chi connectivity index (χ4v) is 5.43. The fraction of sp³-hybridized carbons (Fsp3) is 1.00. The standard InChI is InChI=1S/C10H23NS2/c1-3-4-10-12-13(2)11-8-6-5-7-9-11/h13H,3-10H2,1-2H3. The van der Waals surface area contributed by atoms with Crippen molar-refractivity contribution in [2.24, 2.45) is 0 Å². The largest absolute Gasteiger partial charge is 0.262 e. The molecule has 1 fully saturated rings. The highest BCUT2D eigenvalue weighted by atomic mass is 33.1. The fourth-order valence-electron chi connectivity index (χ4n) is 1.58. The van der Waals surface area contributed by atoms with Gasteiger partial charge < -0.3 is 0 Å². The first-order valence-electron chi connectivity index (χ1n) is 5.46. The molecule has 1 rings (SSSR count). The van der Waals surface area contributed by atoms with Crippen LogP contribution in [0, 0.1) is 0 Å². The van der Waals surface area contributed by atoms with Gasteiger partial charge in [0.2, 0.25) is 0 Å². The Morgan fingerprint density at radius 3 is 2.54 bits per heavy atom. The summed E-state index contributed by atoms with van der Waals surface area (Å²) in [5, 5.41) is 0. The maximum absolute atomic E-state index is 2.71. The predicted octanol–water partition coefficient (Wildman–Crippen LogP) is 3.47. The van der Waals surface area contributed by atoms with Gasteiger partial charge in [0.25, 0.3) is 0 Å².